The lowest BCUT2D eigenvalue weighted by Crippen LogP contribution is -2.29. The third kappa shape index (κ3) is 2.08. The first kappa shape index (κ1) is 11.8. The SMILES string of the molecule is CC1=NN(c2ccccc2C)C(=O)C1CCN. The van der Waals surface area contributed by atoms with Crippen molar-refractivity contribution in [3.05, 3.63) is 29.8 Å². The Labute approximate surface area is 101 Å². The molecule has 90 valence electrons. The van der Waals surface area contributed by atoms with Gasteiger partial charge < -0.3 is 5.73 Å². The Hall–Kier alpha value is -1.68. The van der Waals surface area contributed by atoms with E-state index in [1.54, 1.807) is 0 Å². The van der Waals surface area contributed by atoms with Gasteiger partial charge in [0.2, 0.25) is 0 Å². The van der Waals surface area contributed by atoms with Crippen molar-refractivity contribution in [2.24, 2.45) is 16.8 Å². The average Bonchev–Trinajstić information content (AvgIpc) is 2.58. The molecule has 4 heteroatoms. The maximum atomic E-state index is 12.2. The van der Waals surface area contributed by atoms with Crippen LogP contribution in [-0.2, 0) is 4.79 Å². The molecule has 2 N–H and O–H groups in total. The van der Waals surface area contributed by atoms with Gasteiger partial charge >= 0.3 is 0 Å². The molecule has 0 radical (unpaired) electrons. The van der Waals surface area contributed by atoms with E-state index in [4.69, 9.17) is 5.73 Å². The summed E-state index contributed by atoms with van der Waals surface area (Å²) < 4.78 is 0. The van der Waals surface area contributed by atoms with Crippen LogP contribution in [0.25, 0.3) is 0 Å². The van der Waals surface area contributed by atoms with Crippen LogP contribution in [-0.4, -0.2) is 18.2 Å². The molecular formula is C13H17N3O. The molecule has 2 rings (SSSR count). The number of amides is 1. The number of aryl methyl sites for hydroxylation is 1. The minimum absolute atomic E-state index is 0.0299. The second-order valence-electron chi connectivity index (χ2n) is 4.31. The van der Waals surface area contributed by atoms with E-state index in [2.05, 4.69) is 5.10 Å². The number of carbonyl (C=O) groups excluding carboxylic acids is 1. The third-order valence-corrected chi connectivity index (χ3v) is 3.07. The minimum atomic E-state index is -0.153. The topological polar surface area (TPSA) is 58.7 Å². The van der Waals surface area contributed by atoms with Crippen molar-refractivity contribution >= 4 is 17.3 Å². The molecule has 0 fully saturated rings. The molecule has 0 saturated heterocycles. The first-order valence-corrected chi connectivity index (χ1v) is 5.80. The molecule has 1 aromatic carbocycles. The maximum absolute atomic E-state index is 12.2. The fourth-order valence-electron chi connectivity index (χ4n) is 2.08. The molecule has 1 aromatic rings. The summed E-state index contributed by atoms with van der Waals surface area (Å²) in [5, 5.41) is 5.85. The molecule has 0 spiro atoms. The number of hydrogen-bond donors (Lipinski definition) is 1. The zero-order chi connectivity index (χ0) is 12.4. The normalized spacial score (nSPS) is 19.7. The fourth-order valence-corrected chi connectivity index (χ4v) is 2.08. The first-order valence-electron chi connectivity index (χ1n) is 5.80. The summed E-state index contributed by atoms with van der Waals surface area (Å²) >= 11 is 0. The second kappa shape index (κ2) is 4.67. The molecule has 1 aliphatic rings. The lowest BCUT2D eigenvalue weighted by molar-refractivity contribution is -0.119. The number of hydrogen-bond acceptors (Lipinski definition) is 3. The molecular weight excluding hydrogens is 214 g/mol. The van der Waals surface area contributed by atoms with Crippen LogP contribution in [0.4, 0.5) is 5.69 Å². The van der Waals surface area contributed by atoms with Gasteiger partial charge in [-0.05, 0) is 38.4 Å². The highest BCUT2D eigenvalue weighted by atomic mass is 16.2. The molecule has 1 unspecified atom stereocenters. The quantitative estimate of drug-likeness (QED) is 0.860. The standard InChI is InChI=1S/C13H17N3O/c1-9-5-3-4-6-12(9)16-13(17)11(7-8-14)10(2)15-16/h3-6,11H,7-8,14H2,1-2H3. The maximum Gasteiger partial charge on any atom is 0.256 e. The number of hydrazone groups is 1. The van der Waals surface area contributed by atoms with Crippen LogP contribution in [0, 0.1) is 12.8 Å². The van der Waals surface area contributed by atoms with E-state index in [1.807, 2.05) is 38.1 Å². The number of carbonyl (C=O) groups is 1. The molecule has 4 nitrogen and oxygen atoms in total. The van der Waals surface area contributed by atoms with E-state index < -0.39 is 0 Å². The van der Waals surface area contributed by atoms with Crippen LogP contribution in [0.1, 0.15) is 18.9 Å². The molecule has 1 amide bonds. The van der Waals surface area contributed by atoms with Crippen molar-refractivity contribution in [3.63, 3.8) is 0 Å². The van der Waals surface area contributed by atoms with E-state index in [1.165, 1.54) is 5.01 Å². The van der Waals surface area contributed by atoms with Crippen LogP contribution in [0.15, 0.2) is 29.4 Å². The van der Waals surface area contributed by atoms with Crippen molar-refractivity contribution < 1.29 is 4.79 Å². The number of para-hydroxylation sites is 1. The minimum Gasteiger partial charge on any atom is -0.330 e. The van der Waals surface area contributed by atoms with E-state index in [-0.39, 0.29) is 11.8 Å². The van der Waals surface area contributed by atoms with Gasteiger partial charge in [0.25, 0.3) is 5.91 Å². The zero-order valence-electron chi connectivity index (χ0n) is 10.2. The van der Waals surface area contributed by atoms with E-state index in [9.17, 15) is 4.79 Å². The number of rotatable bonds is 3. The first-order chi connectivity index (χ1) is 8.15. The zero-order valence-corrected chi connectivity index (χ0v) is 10.2. The van der Waals surface area contributed by atoms with Gasteiger partial charge in [-0.3, -0.25) is 4.79 Å². The molecule has 0 bridgehead atoms. The summed E-state index contributed by atoms with van der Waals surface area (Å²) in [5.41, 5.74) is 8.28. The molecule has 0 aliphatic carbocycles. The number of anilines is 1. The molecule has 1 heterocycles. The fraction of sp³-hybridized carbons (Fsp3) is 0.385. The Morgan fingerprint density at radius 1 is 1.35 bits per heavy atom. The molecule has 0 saturated carbocycles. The Bertz CT molecular complexity index is 467. The van der Waals surface area contributed by atoms with Crippen molar-refractivity contribution in [2.45, 2.75) is 20.3 Å². The highest BCUT2D eigenvalue weighted by Crippen LogP contribution is 2.27. The van der Waals surface area contributed by atoms with Crippen LogP contribution >= 0.6 is 0 Å². The van der Waals surface area contributed by atoms with E-state index in [0.717, 1.165) is 17.0 Å². The summed E-state index contributed by atoms with van der Waals surface area (Å²) in [4.78, 5) is 12.2. The molecule has 1 atom stereocenters. The average molecular weight is 231 g/mol. The largest absolute Gasteiger partial charge is 0.330 e. The van der Waals surface area contributed by atoms with Gasteiger partial charge in [-0.2, -0.15) is 10.1 Å². The highest BCUT2D eigenvalue weighted by Gasteiger charge is 2.33. The third-order valence-electron chi connectivity index (χ3n) is 3.07. The Morgan fingerprint density at radius 3 is 2.71 bits per heavy atom. The predicted octanol–water partition coefficient (Wildman–Crippen LogP) is 1.68. The second-order valence-corrected chi connectivity index (χ2v) is 4.31. The van der Waals surface area contributed by atoms with E-state index in [0.29, 0.717) is 13.0 Å². The Kier molecular flexibility index (Phi) is 3.24. The van der Waals surface area contributed by atoms with Crippen LogP contribution in [0.5, 0.6) is 0 Å². The van der Waals surface area contributed by atoms with Gasteiger partial charge in [-0.15, -0.1) is 0 Å². The van der Waals surface area contributed by atoms with Gasteiger partial charge in [0, 0.05) is 5.71 Å². The summed E-state index contributed by atoms with van der Waals surface area (Å²) in [7, 11) is 0. The van der Waals surface area contributed by atoms with Crippen molar-refractivity contribution in [3.8, 4) is 0 Å². The Morgan fingerprint density at radius 2 is 2.06 bits per heavy atom. The Balaban J connectivity index is 2.31. The number of benzene rings is 1. The van der Waals surface area contributed by atoms with Gasteiger partial charge in [0.05, 0.1) is 11.6 Å². The molecule has 17 heavy (non-hydrogen) atoms. The monoisotopic (exact) mass is 231 g/mol. The van der Waals surface area contributed by atoms with Crippen LogP contribution < -0.4 is 10.7 Å². The van der Waals surface area contributed by atoms with Gasteiger partial charge in [-0.1, -0.05) is 18.2 Å². The summed E-state index contributed by atoms with van der Waals surface area (Å²) in [6, 6.07) is 7.75. The lowest BCUT2D eigenvalue weighted by atomic mass is 10.0. The van der Waals surface area contributed by atoms with Crippen LogP contribution in [0.3, 0.4) is 0 Å². The van der Waals surface area contributed by atoms with Crippen LogP contribution in [0.2, 0.25) is 0 Å². The number of nitrogens with zero attached hydrogens (tertiary/aromatic N) is 2. The smallest absolute Gasteiger partial charge is 0.256 e. The van der Waals surface area contributed by atoms with Crippen molar-refractivity contribution in [2.75, 3.05) is 11.6 Å². The predicted molar refractivity (Wildman–Crippen MR) is 68.9 cm³/mol. The van der Waals surface area contributed by atoms with Crippen molar-refractivity contribution in [1.29, 1.82) is 0 Å². The molecule has 0 aromatic heterocycles. The number of nitrogens with two attached hydrogens (primary N) is 1. The summed E-state index contributed by atoms with van der Waals surface area (Å²) in [6.07, 6.45) is 0.663. The van der Waals surface area contributed by atoms with Gasteiger partial charge in [0.1, 0.15) is 0 Å². The summed E-state index contributed by atoms with van der Waals surface area (Å²) in [6.45, 7) is 4.37. The van der Waals surface area contributed by atoms with Gasteiger partial charge in [0.15, 0.2) is 0 Å². The summed E-state index contributed by atoms with van der Waals surface area (Å²) in [5.74, 6) is -0.123. The van der Waals surface area contributed by atoms with Gasteiger partial charge in [-0.25, -0.2) is 0 Å². The molecule has 1 aliphatic heterocycles. The van der Waals surface area contributed by atoms with Crippen molar-refractivity contribution in [1.82, 2.24) is 0 Å². The van der Waals surface area contributed by atoms with E-state index >= 15 is 0 Å². The lowest BCUT2D eigenvalue weighted by Gasteiger charge is -2.16. The highest BCUT2D eigenvalue weighted by molar-refractivity contribution is 6.14.